The van der Waals surface area contributed by atoms with Crippen molar-refractivity contribution in [3.63, 3.8) is 0 Å². The Morgan fingerprint density at radius 1 is 0.688 bits per heavy atom. The van der Waals surface area contributed by atoms with E-state index in [1.54, 1.807) is 0 Å². The number of rotatable bonds is 10. The van der Waals surface area contributed by atoms with E-state index in [2.05, 4.69) is 27.2 Å². The second kappa shape index (κ2) is 7.93. The summed E-state index contributed by atoms with van der Waals surface area (Å²) in [6, 6.07) is 0. The molecule has 0 radical (unpaired) electrons. The van der Waals surface area contributed by atoms with Crippen LogP contribution in [0.3, 0.4) is 0 Å². The van der Waals surface area contributed by atoms with Crippen LogP contribution in [0.2, 0.25) is 0 Å². The Morgan fingerprint density at radius 2 is 1.06 bits per heavy atom. The normalized spacial score (nSPS) is 14.7. The molecule has 0 saturated carbocycles. The number of hydrogen-bond donors (Lipinski definition) is 0. The van der Waals surface area contributed by atoms with Crippen molar-refractivity contribution in [3.05, 3.63) is 0 Å². The molecule has 0 unspecified atom stereocenters. The molecule has 0 aliphatic heterocycles. The van der Waals surface area contributed by atoms with E-state index in [1.165, 1.54) is 63.7 Å². The Hall–Kier alpha value is 0.720. The average Bonchev–Trinajstić information content (AvgIpc) is 2.19. The molecule has 0 aromatic rings. The van der Waals surface area contributed by atoms with Crippen LogP contribution in [0.25, 0.3) is 0 Å². The molecule has 2 heteroatoms. The van der Waals surface area contributed by atoms with Crippen LogP contribution < -0.4 is 0 Å². The van der Waals surface area contributed by atoms with Gasteiger partial charge in [0, 0.05) is 0 Å². The zero-order valence-corrected chi connectivity index (χ0v) is 13.5. The fourth-order valence-corrected chi connectivity index (χ4v) is 5.50. The van der Waals surface area contributed by atoms with Crippen molar-refractivity contribution in [1.82, 2.24) is 0 Å². The van der Waals surface area contributed by atoms with E-state index in [-0.39, 0.29) is 0 Å². The molecule has 0 aliphatic carbocycles. The van der Waals surface area contributed by atoms with Crippen molar-refractivity contribution in [2.45, 2.75) is 65.2 Å². The zero-order valence-electron chi connectivity index (χ0n) is 11.9. The molecular formula is C14H32ClP. The summed E-state index contributed by atoms with van der Waals surface area (Å²) >= 11 is 6.88. The number of halogens is 1. The Bertz CT molecular complexity index is 153. The predicted molar refractivity (Wildman–Crippen MR) is 82.6 cm³/mol. The monoisotopic (exact) mass is 266 g/mol. The average molecular weight is 267 g/mol. The van der Waals surface area contributed by atoms with Crippen LogP contribution in [0.1, 0.15) is 65.2 Å². The molecule has 0 bridgehead atoms. The van der Waals surface area contributed by atoms with Crippen molar-refractivity contribution in [2.24, 2.45) is 0 Å². The summed E-state index contributed by atoms with van der Waals surface area (Å²) in [6.45, 7) is 9.27. The van der Waals surface area contributed by atoms with Gasteiger partial charge in [-0.3, -0.25) is 0 Å². The third-order valence-electron chi connectivity index (χ3n) is 3.40. The van der Waals surface area contributed by atoms with Crippen molar-refractivity contribution in [3.8, 4) is 0 Å². The van der Waals surface area contributed by atoms with Gasteiger partial charge in [-0.25, -0.2) is 0 Å². The van der Waals surface area contributed by atoms with Crippen LogP contribution in [0.4, 0.5) is 0 Å². The number of hydrogen-bond acceptors (Lipinski definition) is 0. The van der Waals surface area contributed by atoms with Crippen LogP contribution in [0, 0.1) is 0 Å². The third-order valence-corrected chi connectivity index (χ3v) is 7.81. The van der Waals surface area contributed by atoms with Gasteiger partial charge in [0.15, 0.2) is 0 Å². The van der Waals surface area contributed by atoms with E-state index in [4.69, 9.17) is 11.2 Å². The molecule has 0 rings (SSSR count). The molecule has 0 aliphatic rings. The molecule has 0 amide bonds. The van der Waals surface area contributed by atoms with E-state index in [9.17, 15) is 0 Å². The van der Waals surface area contributed by atoms with Gasteiger partial charge in [-0.05, 0) is 0 Å². The molecule has 0 atom stereocenters. The molecule has 0 spiro atoms. The molecule has 0 nitrogen and oxygen atoms in total. The molecule has 0 fully saturated rings. The van der Waals surface area contributed by atoms with Gasteiger partial charge in [-0.1, -0.05) is 0 Å². The van der Waals surface area contributed by atoms with Crippen molar-refractivity contribution >= 4 is 17.2 Å². The fourth-order valence-electron chi connectivity index (χ4n) is 2.16. The van der Waals surface area contributed by atoms with Gasteiger partial charge in [0.2, 0.25) is 0 Å². The van der Waals surface area contributed by atoms with Crippen LogP contribution in [-0.2, 0) is 0 Å². The summed E-state index contributed by atoms with van der Waals surface area (Å²) < 4.78 is 0. The summed E-state index contributed by atoms with van der Waals surface area (Å²) in [5.74, 6) is -1.80. The first-order valence-electron chi connectivity index (χ1n) is 7.11. The Morgan fingerprint density at radius 3 is 1.38 bits per heavy atom. The van der Waals surface area contributed by atoms with Crippen molar-refractivity contribution in [2.75, 3.05) is 25.7 Å². The van der Waals surface area contributed by atoms with Gasteiger partial charge in [-0.2, -0.15) is 0 Å². The van der Waals surface area contributed by atoms with Gasteiger partial charge < -0.3 is 0 Å². The van der Waals surface area contributed by atoms with Gasteiger partial charge in [0.1, 0.15) is 0 Å². The molecule has 0 saturated heterocycles. The molecule has 16 heavy (non-hydrogen) atoms. The van der Waals surface area contributed by atoms with Crippen LogP contribution in [0.15, 0.2) is 0 Å². The van der Waals surface area contributed by atoms with Crippen molar-refractivity contribution < 1.29 is 0 Å². The van der Waals surface area contributed by atoms with E-state index in [1.807, 2.05) is 0 Å². The first-order valence-corrected chi connectivity index (χ1v) is 11.5. The quantitative estimate of drug-likeness (QED) is 0.330. The maximum absolute atomic E-state index is 6.88. The maximum atomic E-state index is 6.88. The van der Waals surface area contributed by atoms with Gasteiger partial charge >= 0.3 is 108 Å². The molecule has 0 N–H and O–H groups in total. The van der Waals surface area contributed by atoms with E-state index >= 15 is 0 Å². The van der Waals surface area contributed by atoms with Gasteiger partial charge in [-0.15, -0.1) is 0 Å². The van der Waals surface area contributed by atoms with E-state index < -0.39 is 5.96 Å². The first kappa shape index (κ1) is 16.7. The van der Waals surface area contributed by atoms with E-state index in [0.29, 0.717) is 0 Å². The van der Waals surface area contributed by atoms with Crippen LogP contribution >= 0.6 is 17.2 Å². The molecule has 0 aromatic carbocycles. The standard InChI is InChI=1S/C14H32ClP/c1-5-7-9-11-13-16(3,4,15)14-12-10-8-6-2/h5-14H2,1-4H3. The molecule has 0 aromatic heterocycles. The summed E-state index contributed by atoms with van der Waals surface area (Å²) in [4.78, 5) is 0. The van der Waals surface area contributed by atoms with E-state index in [0.717, 1.165) is 0 Å². The summed E-state index contributed by atoms with van der Waals surface area (Å²) in [5, 5.41) is 0. The Kier molecular flexibility index (Phi) is 8.29. The Labute approximate surface area is 108 Å². The minimum absolute atomic E-state index is 1.29. The molecular weight excluding hydrogens is 235 g/mol. The number of unbranched alkanes of at least 4 members (excludes halogenated alkanes) is 6. The molecule has 100 valence electrons. The summed E-state index contributed by atoms with van der Waals surface area (Å²) in [7, 11) is 0. The second-order valence-corrected chi connectivity index (χ2v) is 15.5. The van der Waals surface area contributed by atoms with Gasteiger partial charge in [0.25, 0.3) is 0 Å². The predicted octanol–water partition coefficient (Wildman–Crippen LogP) is 6.11. The molecule has 0 heterocycles. The summed E-state index contributed by atoms with van der Waals surface area (Å²) in [6.07, 6.45) is 13.4. The zero-order chi connectivity index (χ0) is 12.5. The SMILES string of the molecule is CCCCCCP(C)(C)(Cl)CCCCCC. The van der Waals surface area contributed by atoms with Crippen LogP contribution in [0.5, 0.6) is 0 Å². The summed E-state index contributed by atoms with van der Waals surface area (Å²) in [5.41, 5.74) is 0. The Balaban J connectivity index is 3.75. The van der Waals surface area contributed by atoms with Crippen LogP contribution in [-0.4, -0.2) is 25.7 Å². The third kappa shape index (κ3) is 9.91. The van der Waals surface area contributed by atoms with Crippen molar-refractivity contribution in [1.29, 1.82) is 0 Å². The van der Waals surface area contributed by atoms with Gasteiger partial charge in [0.05, 0.1) is 0 Å². The topological polar surface area (TPSA) is 0 Å². The second-order valence-electron chi connectivity index (χ2n) is 6.08. The fraction of sp³-hybridized carbons (Fsp3) is 1.00. The minimum atomic E-state index is -1.80. The first-order chi connectivity index (χ1) is 7.39.